The molecule has 1 amide bonds. The third-order valence-electron chi connectivity index (χ3n) is 5.85. The molecule has 0 spiro atoms. The number of carbonyl (C=O) groups is 1. The Hall–Kier alpha value is -2.55. The van der Waals surface area contributed by atoms with Gasteiger partial charge in [-0.15, -0.1) is 11.3 Å². The largest absolute Gasteiger partial charge is 0.383 e. The summed E-state index contributed by atoms with van der Waals surface area (Å²) in [6.45, 7) is 5.65. The zero-order valence-corrected chi connectivity index (χ0v) is 18.8. The minimum Gasteiger partial charge on any atom is -0.383 e. The molecule has 2 aromatic heterocycles. The summed E-state index contributed by atoms with van der Waals surface area (Å²) in [4.78, 5) is 36.5. The molecule has 1 aliphatic heterocycles. The first-order valence-electron chi connectivity index (χ1n) is 10.7. The van der Waals surface area contributed by atoms with Gasteiger partial charge in [-0.05, 0) is 12.0 Å². The van der Waals surface area contributed by atoms with Crippen LogP contribution in [0, 0.1) is 0 Å². The van der Waals surface area contributed by atoms with Gasteiger partial charge in [0.25, 0.3) is 11.5 Å². The average molecular weight is 441 g/mol. The van der Waals surface area contributed by atoms with E-state index in [0.717, 1.165) is 30.8 Å². The van der Waals surface area contributed by atoms with Crippen LogP contribution in [0.15, 0.2) is 47.5 Å². The molecule has 0 radical (unpaired) electrons. The van der Waals surface area contributed by atoms with E-state index in [2.05, 4.69) is 28.9 Å². The maximum absolute atomic E-state index is 13.2. The molecule has 31 heavy (non-hydrogen) atoms. The lowest BCUT2D eigenvalue weighted by Crippen LogP contribution is -2.55. The molecule has 8 heteroatoms. The Balaban J connectivity index is 1.53. The number of fused-ring (bicyclic) bond motifs is 1. The van der Waals surface area contributed by atoms with E-state index in [1.807, 2.05) is 24.4 Å². The van der Waals surface area contributed by atoms with Crippen LogP contribution in [0.25, 0.3) is 4.96 Å². The van der Waals surface area contributed by atoms with Crippen LogP contribution in [0.5, 0.6) is 0 Å². The molecule has 0 aliphatic carbocycles. The summed E-state index contributed by atoms with van der Waals surface area (Å²) in [5, 5.41) is 0. The van der Waals surface area contributed by atoms with Crippen LogP contribution < -0.4 is 5.56 Å². The molecule has 3 aromatic rings. The predicted molar refractivity (Wildman–Crippen MR) is 122 cm³/mol. The van der Waals surface area contributed by atoms with E-state index in [9.17, 15) is 9.59 Å². The molecule has 1 aliphatic rings. The van der Waals surface area contributed by atoms with Gasteiger partial charge < -0.3 is 9.64 Å². The molecule has 1 fully saturated rings. The third kappa shape index (κ3) is 4.71. The second-order valence-electron chi connectivity index (χ2n) is 7.83. The number of aromatic nitrogens is 2. The summed E-state index contributed by atoms with van der Waals surface area (Å²) in [5.74, 6) is -0.229. The van der Waals surface area contributed by atoms with E-state index in [0.29, 0.717) is 24.7 Å². The molecule has 1 saturated heterocycles. The Kier molecular flexibility index (Phi) is 6.80. The van der Waals surface area contributed by atoms with Crippen molar-refractivity contribution in [2.24, 2.45) is 0 Å². The molecular weight excluding hydrogens is 412 g/mol. The molecule has 1 unspecified atom stereocenters. The lowest BCUT2D eigenvalue weighted by molar-refractivity contribution is 0.0383. The predicted octanol–water partition coefficient (Wildman–Crippen LogP) is 2.53. The standard InChI is InChI=1S/C23H28N4O3S/c1-3-18-15-26(10-9-25(18)11-12-30-2)21(28)20-14-24-23-27(22(20)29)16-19(31-23)13-17-7-5-4-6-8-17/h4-8,14,16,18H,3,9-13,15H2,1-2H3. The lowest BCUT2D eigenvalue weighted by atomic mass is 10.1. The van der Waals surface area contributed by atoms with Crippen LogP contribution in [-0.4, -0.2) is 71.0 Å². The van der Waals surface area contributed by atoms with Crippen LogP contribution in [0.2, 0.25) is 0 Å². The molecule has 1 atom stereocenters. The Labute approximate surface area is 185 Å². The third-order valence-corrected chi connectivity index (χ3v) is 6.85. The summed E-state index contributed by atoms with van der Waals surface area (Å²) in [5.41, 5.74) is 1.03. The quantitative estimate of drug-likeness (QED) is 0.565. The van der Waals surface area contributed by atoms with Gasteiger partial charge in [-0.1, -0.05) is 37.3 Å². The highest BCUT2D eigenvalue weighted by atomic mass is 32.1. The molecular formula is C23H28N4O3S. The average Bonchev–Trinajstić information content (AvgIpc) is 3.21. The molecule has 4 rings (SSSR count). The van der Waals surface area contributed by atoms with Crippen molar-refractivity contribution in [3.05, 3.63) is 69.1 Å². The second kappa shape index (κ2) is 9.72. The summed E-state index contributed by atoms with van der Waals surface area (Å²) in [7, 11) is 1.70. The van der Waals surface area contributed by atoms with Crippen LogP contribution in [0.1, 0.15) is 34.1 Å². The number of methoxy groups -OCH3 is 1. The Morgan fingerprint density at radius 2 is 2.06 bits per heavy atom. The van der Waals surface area contributed by atoms with Gasteiger partial charge in [-0.25, -0.2) is 4.98 Å². The van der Waals surface area contributed by atoms with Crippen molar-refractivity contribution < 1.29 is 9.53 Å². The maximum atomic E-state index is 13.2. The summed E-state index contributed by atoms with van der Waals surface area (Å²) < 4.78 is 6.72. The van der Waals surface area contributed by atoms with Crippen LogP contribution in [0.4, 0.5) is 0 Å². The van der Waals surface area contributed by atoms with Gasteiger partial charge in [0, 0.05) is 63.0 Å². The number of carbonyl (C=O) groups excluding carboxylic acids is 1. The van der Waals surface area contributed by atoms with E-state index in [1.165, 1.54) is 27.5 Å². The maximum Gasteiger partial charge on any atom is 0.271 e. The summed E-state index contributed by atoms with van der Waals surface area (Å²) >= 11 is 1.48. The van der Waals surface area contributed by atoms with Crippen molar-refractivity contribution in [2.45, 2.75) is 25.8 Å². The van der Waals surface area contributed by atoms with Crippen LogP contribution >= 0.6 is 11.3 Å². The fourth-order valence-corrected chi connectivity index (χ4v) is 5.07. The van der Waals surface area contributed by atoms with Gasteiger partial charge in [-0.2, -0.15) is 0 Å². The van der Waals surface area contributed by atoms with Crippen molar-refractivity contribution in [1.29, 1.82) is 0 Å². The monoisotopic (exact) mass is 440 g/mol. The zero-order chi connectivity index (χ0) is 21.8. The molecule has 164 valence electrons. The first-order chi connectivity index (χ1) is 15.1. The number of thiazole rings is 1. The molecule has 1 aromatic carbocycles. The van der Waals surface area contributed by atoms with Gasteiger partial charge in [0.05, 0.1) is 6.61 Å². The first-order valence-corrected chi connectivity index (χ1v) is 11.5. The van der Waals surface area contributed by atoms with Crippen molar-refractivity contribution in [2.75, 3.05) is 39.9 Å². The number of piperazine rings is 1. The van der Waals surface area contributed by atoms with Gasteiger partial charge in [0.2, 0.25) is 0 Å². The number of hydrogen-bond acceptors (Lipinski definition) is 6. The Morgan fingerprint density at radius 1 is 1.26 bits per heavy atom. The molecule has 0 saturated carbocycles. The van der Waals surface area contributed by atoms with E-state index in [1.54, 1.807) is 12.0 Å². The Morgan fingerprint density at radius 3 is 2.81 bits per heavy atom. The molecule has 3 heterocycles. The normalized spacial score (nSPS) is 17.4. The fraction of sp³-hybridized carbons (Fsp3) is 0.435. The van der Waals surface area contributed by atoms with Crippen LogP contribution in [0.3, 0.4) is 0 Å². The van der Waals surface area contributed by atoms with Crippen molar-refractivity contribution in [3.63, 3.8) is 0 Å². The molecule has 7 nitrogen and oxygen atoms in total. The van der Waals surface area contributed by atoms with Gasteiger partial charge in [-0.3, -0.25) is 18.9 Å². The topological polar surface area (TPSA) is 67.2 Å². The van der Waals surface area contributed by atoms with Crippen molar-refractivity contribution in [1.82, 2.24) is 19.2 Å². The first kappa shape index (κ1) is 21.7. The van der Waals surface area contributed by atoms with Gasteiger partial charge in [0.1, 0.15) is 5.56 Å². The molecule has 0 bridgehead atoms. The summed E-state index contributed by atoms with van der Waals surface area (Å²) in [6, 6.07) is 10.4. The zero-order valence-electron chi connectivity index (χ0n) is 18.0. The smallest absolute Gasteiger partial charge is 0.271 e. The van der Waals surface area contributed by atoms with E-state index < -0.39 is 0 Å². The highest BCUT2D eigenvalue weighted by Gasteiger charge is 2.30. The van der Waals surface area contributed by atoms with Crippen LogP contribution in [-0.2, 0) is 11.2 Å². The minimum absolute atomic E-state index is 0.141. The van der Waals surface area contributed by atoms with E-state index in [-0.39, 0.29) is 23.1 Å². The lowest BCUT2D eigenvalue weighted by Gasteiger charge is -2.41. The number of ether oxygens (including phenoxy) is 1. The number of nitrogens with zero attached hydrogens (tertiary/aromatic N) is 4. The number of amides is 1. The highest BCUT2D eigenvalue weighted by molar-refractivity contribution is 7.17. The van der Waals surface area contributed by atoms with Gasteiger partial charge in [0.15, 0.2) is 4.96 Å². The highest BCUT2D eigenvalue weighted by Crippen LogP contribution is 2.19. The van der Waals surface area contributed by atoms with E-state index >= 15 is 0 Å². The Bertz CT molecular complexity index is 1100. The van der Waals surface area contributed by atoms with Crippen molar-refractivity contribution in [3.8, 4) is 0 Å². The summed E-state index contributed by atoms with van der Waals surface area (Å²) in [6.07, 6.45) is 4.94. The van der Waals surface area contributed by atoms with Gasteiger partial charge >= 0.3 is 0 Å². The van der Waals surface area contributed by atoms with E-state index in [4.69, 9.17) is 4.74 Å². The fourth-order valence-electron chi connectivity index (χ4n) is 4.09. The molecule has 0 N–H and O–H groups in total. The minimum atomic E-state index is -0.291. The number of benzene rings is 1. The second-order valence-corrected chi connectivity index (χ2v) is 8.93. The number of hydrogen-bond donors (Lipinski definition) is 0. The number of rotatable bonds is 7. The van der Waals surface area contributed by atoms with Crippen molar-refractivity contribution >= 4 is 22.2 Å². The SMILES string of the molecule is CCC1CN(C(=O)c2cnc3sc(Cc4ccccc4)cn3c2=O)CCN1CCOC.